The molecule has 0 radical (unpaired) electrons. The van der Waals surface area contributed by atoms with Crippen LogP contribution in [0.25, 0.3) is 0 Å². The Morgan fingerprint density at radius 3 is 2.87 bits per heavy atom. The number of guanidine groups is 1. The monoisotopic (exact) mass is 344 g/mol. The van der Waals surface area contributed by atoms with E-state index in [1.165, 1.54) is 5.75 Å². The summed E-state index contributed by atoms with van der Waals surface area (Å²) in [6, 6.07) is 0. The minimum Gasteiger partial charge on any atom is -0.383 e. The first kappa shape index (κ1) is 20.6. The summed E-state index contributed by atoms with van der Waals surface area (Å²) in [7, 11) is 3.89. The molecule has 1 fully saturated rings. The first-order valence-electron chi connectivity index (χ1n) is 8.90. The van der Waals surface area contributed by atoms with Gasteiger partial charge in [-0.05, 0) is 32.9 Å². The van der Waals surface area contributed by atoms with Crippen molar-refractivity contribution in [3.8, 4) is 0 Å². The van der Waals surface area contributed by atoms with E-state index in [1.807, 2.05) is 0 Å². The van der Waals surface area contributed by atoms with Gasteiger partial charge in [-0.15, -0.1) is 0 Å². The second-order valence-corrected chi connectivity index (χ2v) is 7.83. The smallest absolute Gasteiger partial charge is 0.193 e. The van der Waals surface area contributed by atoms with E-state index in [0.717, 1.165) is 64.2 Å². The van der Waals surface area contributed by atoms with Crippen molar-refractivity contribution in [3.05, 3.63) is 0 Å². The molecule has 1 heterocycles. The molecule has 1 N–H and O–H groups in total. The van der Waals surface area contributed by atoms with Gasteiger partial charge in [-0.2, -0.15) is 11.8 Å². The molecule has 1 unspecified atom stereocenters. The number of aliphatic imine (C=N–C) groups is 1. The number of nitrogens with zero attached hydrogens (tertiary/aromatic N) is 3. The molecule has 136 valence electrons. The third-order valence-corrected chi connectivity index (χ3v) is 5.65. The van der Waals surface area contributed by atoms with Crippen molar-refractivity contribution in [1.29, 1.82) is 0 Å². The highest BCUT2D eigenvalue weighted by Gasteiger charge is 2.24. The van der Waals surface area contributed by atoms with Gasteiger partial charge < -0.3 is 19.9 Å². The summed E-state index contributed by atoms with van der Waals surface area (Å²) in [5.74, 6) is 3.02. The van der Waals surface area contributed by atoms with Gasteiger partial charge in [-0.3, -0.25) is 4.99 Å². The van der Waals surface area contributed by atoms with E-state index in [1.54, 1.807) is 7.11 Å². The van der Waals surface area contributed by atoms with E-state index in [4.69, 9.17) is 9.73 Å². The molecule has 0 bridgehead atoms. The molecule has 0 aliphatic carbocycles. The third-order valence-electron chi connectivity index (χ3n) is 4.11. The normalized spacial score (nSPS) is 19.7. The van der Waals surface area contributed by atoms with Crippen molar-refractivity contribution in [2.24, 2.45) is 10.9 Å². The van der Waals surface area contributed by atoms with Crippen LogP contribution in [0.1, 0.15) is 27.2 Å². The Labute approximate surface area is 147 Å². The lowest BCUT2D eigenvalue weighted by molar-refractivity contribution is 0.161. The standard InChI is InChI=1S/C17H36N4OS/c1-6-18-17(19-8-7-9-20(4)10-12-22-5)21-11-13-23-16(14-21)15(2)3/h15-16H,6-14H2,1-5H3,(H,18,19). The van der Waals surface area contributed by atoms with Gasteiger partial charge in [0.05, 0.1) is 6.61 Å². The number of likely N-dealkylation sites (N-methyl/N-ethyl adjacent to an activating group) is 1. The van der Waals surface area contributed by atoms with E-state index in [0.29, 0.717) is 5.25 Å². The highest BCUT2D eigenvalue weighted by Crippen LogP contribution is 2.24. The van der Waals surface area contributed by atoms with E-state index < -0.39 is 0 Å². The number of ether oxygens (including phenoxy) is 1. The largest absolute Gasteiger partial charge is 0.383 e. The average Bonchev–Trinajstić information content (AvgIpc) is 2.55. The van der Waals surface area contributed by atoms with Crippen molar-refractivity contribution in [1.82, 2.24) is 15.1 Å². The van der Waals surface area contributed by atoms with Crippen molar-refractivity contribution < 1.29 is 4.74 Å². The Balaban J connectivity index is 2.43. The molecule has 6 heteroatoms. The molecule has 0 aromatic carbocycles. The van der Waals surface area contributed by atoms with Crippen LogP contribution in [0.3, 0.4) is 0 Å². The van der Waals surface area contributed by atoms with Crippen LogP contribution in [0.4, 0.5) is 0 Å². The van der Waals surface area contributed by atoms with Crippen LogP contribution in [-0.4, -0.2) is 86.8 Å². The van der Waals surface area contributed by atoms with Gasteiger partial charge in [0.2, 0.25) is 0 Å². The summed E-state index contributed by atoms with van der Waals surface area (Å²) < 4.78 is 5.11. The fourth-order valence-electron chi connectivity index (χ4n) is 2.58. The van der Waals surface area contributed by atoms with Crippen LogP contribution < -0.4 is 5.32 Å². The Kier molecular flexibility index (Phi) is 10.7. The van der Waals surface area contributed by atoms with E-state index >= 15 is 0 Å². The molecule has 0 spiro atoms. The Morgan fingerprint density at radius 1 is 1.43 bits per heavy atom. The topological polar surface area (TPSA) is 40.1 Å². The Morgan fingerprint density at radius 2 is 2.22 bits per heavy atom. The highest BCUT2D eigenvalue weighted by atomic mass is 32.2. The van der Waals surface area contributed by atoms with Crippen LogP contribution in [0.2, 0.25) is 0 Å². The summed E-state index contributed by atoms with van der Waals surface area (Å²) >= 11 is 2.11. The van der Waals surface area contributed by atoms with Gasteiger partial charge in [0, 0.05) is 50.8 Å². The number of nitrogens with one attached hydrogen (secondary N) is 1. The van der Waals surface area contributed by atoms with Crippen LogP contribution in [0, 0.1) is 5.92 Å². The SMILES string of the molecule is CCNC(=NCCCN(C)CCOC)N1CCSC(C(C)C)C1. The quantitative estimate of drug-likeness (QED) is 0.393. The van der Waals surface area contributed by atoms with Gasteiger partial charge >= 0.3 is 0 Å². The predicted octanol–water partition coefficient (Wildman–Crippen LogP) is 1.99. The van der Waals surface area contributed by atoms with Gasteiger partial charge in [-0.1, -0.05) is 13.8 Å². The maximum absolute atomic E-state index is 5.11. The fourth-order valence-corrected chi connectivity index (χ4v) is 3.88. The summed E-state index contributed by atoms with van der Waals surface area (Å²) in [5, 5.41) is 4.18. The van der Waals surface area contributed by atoms with Crippen LogP contribution >= 0.6 is 11.8 Å². The molecule has 1 aliphatic heterocycles. The molecule has 23 heavy (non-hydrogen) atoms. The first-order valence-corrected chi connectivity index (χ1v) is 9.95. The zero-order valence-corrected chi connectivity index (χ0v) is 16.5. The van der Waals surface area contributed by atoms with Crippen molar-refractivity contribution >= 4 is 17.7 Å². The molecule has 1 rings (SSSR count). The second kappa shape index (κ2) is 12.0. The molecule has 5 nitrogen and oxygen atoms in total. The second-order valence-electron chi connectivity index (χ2n) is 6.48. The van der Waals surface area contributed by atoms with E-state index in [-0.39, 0.29) is 0 Å². The number of hydrogen-bond donors (Lipinski definition) is 1. The lowest BCUT2D eigenvalue weighted by Gasteiger charge is -2.36. The Bertz CT molecular complexity index is 339. The van der Waals surface area contributed by atoms with Gasteiger partial charge in [0.25, 0.3) is 0 Å². The molecule has 0 aromatic heterocycles. The maximum Gasteiger partial charge on any atom is 0.193 e. The van der Waals surface area contributed by atoms with Gasteiger partial charge in [0.15, 0.2) is 5.96 Å². The summed E-state index contributed by atoms with van der Waals surface area (Å²) in [6.07, 6.45) is 1.09. The Hall–Kier alpha value is -0.460. The summed E-state index contributed by atoms with van der Waals surface area (Å²) in [4.78, 5) is 9.60. The molecule has 0 aromatic rings. The van der Waals surface area contributed by atoms with Crippen molar-refractivity contribution in [2.45, 2.75) is 32.4 Å². The number of methoxy groups -OCH3 is 1. The van der Waals surface area contributed by atoms with Crippen LogP contribution in [0.15, 0.2) is 4.99 Å². The lowest BCUT2D eigenvalue weighted by atomic mass is 10.1. The number of rotatable bonds is 9. The third kappa shape index (κ3) is 8.27. The highest BCUT2D eigenvalue weighted by molar-refractivity contribution is 8.00. The lowest BCUT2D eigenvalue weighted by Crippen LogP contribution is -2.49. The zero-order chi connectivity index (χ0) is 17.1. The molecule has 1 saturated heterocycles. The maximum atomic E-state index is 5.11. The average molecular weight is 345 g/mol. The van der Waals surface area contributed by atoms with Crippen molar-refractivity contribution in [2.75, 3.05) is 65.8 Å². The molecular formula is C17H36N4OS. The molecular weight excluding hydrogens is 308 g/mol. The summed E-state index contributed by atoms with van der Waals surface area (Å²) in [6.45, 7) is 13.7. The minimum atomic E-state index is 0.716. The molecule has 1 aliphatic rings. The van der Waals surface area contributed by atoms with E-state index in [9.17, 15) is 0 Å². The zero-order valence-electron chi connectivity index (χ0n) is 15.7. The first-order chi connectivity index (χ1) is 11.1. The minimum absolute atomic E-state index is 0.716. The molecule has 1 atom stereocenters. The van der Waals surface area contributed by atoms with Crippen LogP contribution in [-0.2, 0) is 4.74 Å². The van der Waals surface area contributed by atoms with Gasteiger partial charge in [-0.25, -0.2) is 0 Å². The van der Waals surface area contributed by atoms with Gasteiger partial charge in [0.1, 0.15) is 0 Å². The number of hydrogen-bond acceptors (Lipinski definition) is 4. The fraction of sp³-hybridized carbons (Fsp3) is 0.941. The predicted molar refractivity (Wildman–Crippen MR) is 103 cm³/mol. The van der Waals surface area contributed by atoms with Crippen LogP contribution in [0.5, 0.6) is 0 Å². The molecule has 0 amide bonds. The van der Waals surface area contributed by atoms with E-state index in [2.05, 4.69) is 54.7 Å². The summed E-state index contributed by atoms with van der Waals surface area (Å²) in [5.41, 5.74) is 0. The number of thioether (sulfide) groups is 1. The molecule has 0 saturated carbocycles. The van der Waals surface area contributed by atoms with Crippen molar-refractivity contribution in [3.63, 3.8) is 0 Å².